The molecule has 4 atom stereocenters. The van der Waals surface area contributed by atoms with Gasteiger partial charge < -0.3 is 15.5 Å². The number of carbonyl (C=O) groups is 3. The van der Waals surface area contributed by atoms with Gasteiger partial charge in [-0.1, -0.05) is 23.8 Å². The van der Waals surface area contributed by atoms with Gasteiger partial charge in [-0.2, -0.15) is 0 Å². The lowest BCUT2D eigenvalue weighted by Crippen LogP contribution is -2.36. The molecule has 0 aliphatic heterocycles. The molecule has 6 nitrogen and oxygen atoms in total. The zero-order valence-corrected chi connectivity index (χ0v) is 12.7. The molecule has 2 aliphatic rings. The molecule has 7 heteroatoms. The number of nitrogens with one attached hydrogen (secondary N) is 1. The van der Waals surface area contributed by atoms with Crippen LogP contribution in [0.25, 0.3) is 0 Å². The molecule has 0 radical (unpaired) electrons. The van der Waals surface area contributed by atoms with Crippen LogP contribution < -0.4 is 5.32 Å². The summed E-state index contributed by atoms with van der Waals surface area (Å²) in [5, 5.41) is 21.2. The zero-order chi connectivity index (χ0) is 16.7. The summed E-state index contributed by atoms with van der Waals surface area (Å²) in [7, 11) is 0. The summed E-state index contributed by atoms with van der Waals surface area (Å²) < 4.78 is 0. The Morgan fingerprint density at radius 2 is 1.74 bits per heavy atom. The molecule has 0 unspecified atom stereocenters. The topological polar surface area (TPSA) is 104 Å². The largest absolute Gasteiger partial charge is 0.481 e. The molecular formula is C16H14ClNO5. The van der Waals surface area contributed by atoms with Crippen LogP contribution in [0.4, 0.5) is 5.69 Å². The van der Waals surface area contributed by atoms with Crippen molar-refractivity contribution < 1.29 is 24.6 Å². The molecule has 23 heavy (non-hydrogen) atoms. The summed E-state index contributed by atoms with van der Waals surface area (Å²) in [4.78, 5) is 35.0. The number of allylic oxidation sites excluding steroid dienone is 2. The Morgan fingerprint density at radius 1 is 1.09 bits per heavy atom. The second kappa shape index (κ2) is 5.70. The van der Waals surface area contributed by atoms with Crippen molar-refractivity contribution in [3.8, 4) is 0 Å². The van der Waals surface area contributed by atoms with Crippen LogP contribution >= 0.6 is 11.6 Å². The first-order chi connectivity index (χ1) is 10.9. The van der Waals surface area contributed by atoms with E-state index in [9.17, 15) is 19.5 Å². The Bertz CT molecular complexity index is 729. The molecule has 1 aromatic rings. The lowest BCUT2D eigenvalue weighted by Gasteiger charge is -2.24. The van der Waals surface area contributed by atoms with Crippen LogP contribution in [0.5, 0.6) is 0 Å². The number of anilines is 1. The van der Waals surface area contributed by atoms with Crippen molar-refractivity contribution in [1.29, 1.82) is 0 Å². The predicted octanol–water partition coefficient (Wildman–Crippen LogP) is 2.50. The minimum Gasteiger partial charge on any atom is -0.481 e. The number of carboxylic acid groups (broad SMARTS) is 2. The number of hydrogen-bond acceptors (Lipinski definition) is 3. The third-order valence-corrected chi connectivity index (χ3v) is 4.85. The molecule has 0 saturated heterocycles. The van der Waals surface area contributed by atoms with E-state index >= 15 is 0 Å². The molecule has 1 amide bonds. The minimum atomic E-state index is -1.14. The van der Waals surface area contributed by atoms with Gasteiger partial charge in [0.05, 0.1) is 28.1 Å². The van der Waals surface area contributed by atoms with Gasteiger partial charge >= 0.3 is 11.9 Å². The number of benzene rings is 1. The monoisotopic (exact) mass is 335 g/mol. The van der Waals surface area contributed by atoms with Crippen LogP contribution in [0.2, 0.25) is 5.02 Å². The average molecular weight is 336 g/mol. The maximum atomic E-state index is 12.5. The van der Waals surface area contributed by atoms with Gasteiger partial charge in [0.1, 0.15) is 0 Å². The standard InChI is InChI=1S/C16H14ClNO5/c17-10-4-3-9(15(20)21)6-11(10)18-14(19)12-7-1-2-8(5-7)13(12)16(22)23/h1-4,6-8,12-13H,5H2,(H,18,19)(H,20,21)(H,22,23)/t7-,8-,12-,13-/m0/s1. The van der Waals surface area contributed by atoms with E-state index in [-0.39, 0.29) is 28.1 Å². The summed E-state index contributed by atoms with van der Waals surface area (Å²) in [6, 6.07) is 3.98. The Labute approximate surface area is 136 Å². The zero-order valence-electron chi connectivity index (χ0n) is 11.9. The highest BCUT2D eigenvalue weighted by Gasteiger charge is 2.51. The van der Waals surface area contributed by atoms with Crippen molar-refractivity contribution in [2.45, 2.75) is 6.42 Å². The van der Waals surface area contributed by atoms with Gasteiger partial charge in [-0.25, -0.2) is 4.79 Å². The average Bonchev–Trinajstić information content (AvgIpc) is 3.09. The van der Waals surface area contributed by atoms with Crippen LogP contribution in [0.15, 0.2) is 30.4 Å². The highest BCUT2D eigenvalue weighted by molar-refractivity contribution is 6.33. The van der Waals surface area contributed by atoms with E-state index in [4.69, 9.17) is 16.7 Å². The van der Waals surface area contributed by atoms with E-state index in [1.54, 1.807) is 0 Å². The van der Waals surface area contributed by atoms with Gasteiger partial charge in [-0.05, 0) is 36.5 Å². The van der Waals surface area contributed by atoms with Gasteiger partial charge in [0.25, 0.3) is 0 Å². The van der Waals surface area contributed by atoms with Gasteiger partial charge in [0.2, 0.25) is 5.91 Å². The number of amides is 1. The van der Waals surface area contributed by atoms with Crippen molar-refractivity contribution in [2.24, 2.45) is 23.7 Å². The van der Waals surface area contributed by atoms with Crippen molar-refractivity contribution in [2.75, 3.05) is 5.32 Å². The smallest absolute Gasteiger partial charge is 0.335 e. The van der Waals surface area contributed by atoms with Crippen molar-refractivity contribution >= 4 is 35.1 Å². The molecule has 1 fully saturated rings. The van der Waals surface area contributed by atoms with E-state index < -0.39 is 29.7 Å². The Hall–Kier alpha value is -2.34. The summed E-state index contributed by atoms with van der Waals surface area (Å²) in [5.41, 5.74) is 0.166. The van der Waals surface area contributed by atoms with E-state index in [1.807, 2.05) is 12.2 Å². The number of aromatic carboxylic acids is 1. The number of rotatable bonds is 4. The molecule has 3 rings (SSSR count). The number of halogens is 1. The molecule has 1 saturated carbocycles. The van der Waals surface area contributed by atoms with Gasteiger partial charge in [0.15, 0.2) is 0 Å². The van der Waals surface area contributed by atoms with E-state index in [0.29, 0.717) is 6.42 Å². The van der Waals surface area contributed by atoms with Crippen LogP contribution in [0.3, 0.4) is 0 Å². The molecule has 0 heterocycles. The molecule has 1 aromatic carbocycles. The molecule has 0 spiro atoms. The Balaban J connectivity index is 1.85. The Kier molecular flexibility index (Phi) is 3.85. The number of aliphatic carboxylic acids is 1. The fourth-order valence-corrected chi connectivity index (χ4v) is 3.65. The number of carbonyl (C=O) groups excluding carboxylic acids is 1. The first-order valence-electron chi connectivity index (χ1n) is 7.13. The second-order valence-electron chi connectivity index (χ2n) is 5.83. The molecule has 2 aliphatic carbocycles. The fourth-order valence-electron chi connectivity index (χ4n) is 3.49. The van der Waals surface area contributed by atoms with Crippen molar-refractivity contribution in [3.63, 3.8) is 0 Å². The third kappa shape index (κ3) is 2.70. The molecular weight excluding hydrogens is 322 g/mol. The van der Waals surface area contributed by atoms with Gasteiger partial charge in [-0.15, -0.1) is 0 Å². The summed E-state index contributed by atoms with van der Waals surface area (Å²) in [5.74, 6) is -4.25. The van der Waals surface area contributed by atoms with Crippen LogP contribution in [0.1, 0.15) is 16.8 Å². The lowest BCUT2D eigenvalue weighted by atomic mass is 9.82. The first kappa shape index (κ1) is 15.6. The normalized spacial score (nSPS) is 27.9. The molecule has 120 valence electrons. The maximum Gasteiger partial charge on any atom is 0.335 e. The fraction of sp³-hybridized carbons (Fsp3) is 0.312. The molecule has 0 aromatic heterocycles. The predicted molar refractivity (Wildman–Crippen MR) is 82.4 cm³/mol. The highest BCUT2D eigenvalue weighted by Crippen LogP contribution is 2.48. The minimum absolute atomic E-state index is 0.00711. The quantitative estimate of drug-likeness (QED) is 0.733. The second-order valence-corrected chi connectivity index (χ2v) is 6.23. The number of carboxylic acids is 2. The Morgan fingerprint density at radius 3 is 2.35 bits per heavy atom. The van der Waals surface area contributed by atoms with E-state index in [2.05, 4.69) is 5.32 Å². The van der Waals surface area contributed by atoms with Crippen LogP contribution in [-0.2, 0) is 9.59 Å². The highest BCUT2D eigenvalue weighted by atomic mass is 35.5. The molecule has 3 N–H and O–H groups in total. The van der Waals surface area contributed by atoms with Gasteiger partial charge in [-0.3, -0.25) is 9.59 Å². The molecule has 2 bridgehead atoms. The van der Waals surface area contributed by atoms with Crippen molar-refractivity contribution in [3.05, 3.63) is 40.9 Å². The summed E-state index contributed by atoms with van der Waals surface area (Å²) in [6.07, 6.45) is 4.38. The summed E-state index contributed by atoms with van der Waals surface area (Å²) in [6.45, 7) is 0. The van der Waals surface area contributed by atoms with E-state index in [0.717, 1.165) is 0 Å². The summed E-state index contributed by atoms with van der Waals surface area (Å²) >= 11 is 5.99. The lowest BCUT2D eigenvalue weighted by molar-refractivity contribution is -0.146. The maximum absolute atomic E-state index is 12.5. The van der Waals surface area contributed by atoms with E-state index in [1.165, 1.54) is 18.2 Å². The van der Waals surface area contributed by atoms with Crippen molar-refractivity contribution in [1.82, 2.24) is 0 Å². The van der Waals surface area contributed by atoms with Gasteiger partial charge in [0, 0.05) is 0 Å². The SMILES string of the molecule is O=C(O)c1ccc(Cl)c(NC(=O)[C@@H]2[C@@H](C(=O)O)[C@H]3C=C[C@H]2C3)c1. The van der Waals surface area contributed by atoms with Crippen LogP contribution in [0, 0.1) is 23.7 Å². The number of fused-ring (bicyclic) bond motifs is 2. The third-order valence-electron chi connectivity index (χ3n) is 4.52. The van der Waals surface area contributed by atoms with Crippen LogP contribution in [-0.4, -0.2) is 28.1 Å². The number of hydrogen-bond donors (Lipinski definition) is 3. The first-order valence-corrected chi connectivity index (χ1v) is 7.51.